The van der Waals surface area contributed by atoms with Gasteiger partial charge in [-0.05, 0) is 139 Å². The highest BCUT2D eigenvalue weighted by Crippen LogP contribution is 2.55. The van der Waals surface area contributed by atoms with E-state index in [0.29, 0.717) is 0 Å². The predicted molar refractivity (Wildman–Crippen MR) is 358 cm³/mol. The Morgan fingerprint density at radius 3 is 1.25 bits per heavy atom. The number of para-hydroxylation sites is 1. The lowest BCUT2D eigenvalue weighted by molar-refractivity contribution is 0.590. The molecule has 0 saturated heterocycles. The molecule has 13 aromatic rings. The quantitative estimate of drug-likeness (QED) is 0.120. The van der Waals surface area contributed by atoms with Crippen molar-refractivity contribution in [2.24, 2.45) is 0 Å². The summed E-state index contributed by atoms with van der Waals surface area (Å²) in [6.45, 7) is 9.26. The first kappa shape index (κ1) is 51.0. The van der Waals surface area contributed by atoms with Gasteiger partial charge in [0.15, 0.2) is 0 Å². The molecule has 0 amide bonds. The average Bonchev–Trinajstić information content (AvgIpc) is 0.794. The summed E-state index contributed by atoms with van der Waals surface area (Å²) in [5, 5.41) is 2.28. The number of benzene rings is 12. The van der Waals surface area contributed by atoms with Gasteiger partial charge in [-0.2, -0.15) is 0 Å². The van der Waals surface area contributed by atoms with Crippen LogP contribution in [0.4, 0.5) is 34.1 Å². The fourth-order valence-electron chi connectivity index (χ4n) is 13.5. The highest BCUT2D eigenvalue weighted by Gasteiger charge is 2.46. The number of unbranched alkanes of at least 4 members (excludes halogenated alkanes) is 1. The third-order valence-corrected chi connectivity index (χ3v) is 17.6. The summed E-state index contributed by atoms with van der Waals surface area (Å²) in [6, 6.07) is 102. The van der Waals surface area contributed by atoms with Crippen LogP contribution < -0.4 is 26.2 Å². The normalized spacial score (nSPS) is 12.6. The fourth-order valence-corrected chi connectivity index (χ4v) is 13.5. The van der Waals surface area contributed by atoms with Gasteiger partial charge in [-0.3, -0.25) is 0 Å². The van der Waals surface area contributed by atoms with Crippen LogP contribution in [0.5, 0.6) is 0 Å². The Kier molecular flexibility index (Phi) is 12.6. The van der Waals surface area contributed by atoms with E-state index in [1.165, 1.54) is 94.8 Å². The zero-order valence-electron chi connectivity index (χ0n) is 48.0. The molecule has 0 saturated carbocycles. The Bertz CT molecular complexity index is 4550. The van der Waals surface area contributed by atoms with Gasteiger partial charge in [0.2, 0.25) is 0 Å². The van der Waals surface area contributed by atoms with Crippen molar-refractivity contribution in [1.29, 1.82) is 0 Å². The van der Waals surface area contributed by atoms with Crippen molar-refractivity contribution in [3.63, 3.8) is 0 Å². The monoisotopic (exact) mass is 1080 g/mol. The molecule has 0 atom stereocenters. The average molecular weight is 1080 g/mol. The molecule has 0 unspecified atom stereocenters. The molecule has 1 aromatic heterocycles. The largest absolute Gasteiger partial charge is 0.456 e. The minimum Gasteiger partial charge on any atom is -0.456 e. The molecule has 0 fully saturated rings. The van der Waals surface area contributed by atoms with Gasteiger partial charge in [-0.25, -0.2) is 0 Å². The Morgan fingerprint density at radius 2 is 0.786 bits per heavy atom. The Morgan fingerprint density at radius 1 is 0.369 bits per heavy atom. The van der Waals surface area contributed by atoms with E-state index in [-0.39, 0.29) is 12.1 Å². The lowest BCUT2D eigenvalue weighted by Crippen LogP contribution is -2.61. The first-order chi connectivity index (χ1) is 41.3. The van der Waals surface area contributed by atoms with Gasteiger partial charge in [0.05, 0.1) is 11.4 Å². The molecule has 0 radical (unpaired) electrons. The van der Waals surface area contributed by atoms with E-state index in [9.17, 15) is 0 Å². The van der Waals surface area contributed by atoms with Crippen molar-refractivity contribution < 1.29 is 4.42 Å². The maximum atomic E-state index is 7.20. The van der Waals surface area contributed by atoms with Gasteiger partial charge < -0.3 is 14.2 Å². The molecule has 0 spiro atoms. The smallest absolute Gasteiger partial charge is 0.252 e. The molecule has 3 heterocycles. The fraction of sp³-hybridized carbons (Fsp3) is 0.100. The molecule has 3 nitrogen and oxygen atoms in total. The molecule has 15 rings (SSSR count). The topological polar surface area (TPSA) is 19.6 Å². The van der Waals surface area contributed by atoms with E-state index in [2.05, 4.69) is 310 Å². The summed E-state index contributed by atoms with van der Waals surface area (Å²) < 4.78 is 7.20. The van der Waals surface area contributed by atoms with Crippen LogP contribution in [-0.2, 0) is 11.8 Å². The molecular formula is C80H63BN2O. The van der Waals surface area contributed by atoms with E-state index in [0.717, 1.165) is 74.8 Å². The highest BCUT2D eigenvalue weighted by atomic mass is 16.3. The molecule has 84 heavy (non-hydrogen) atoms. The Balaban J connectivity index is 1.13. The van der Waals surface area contributed by atoms with Gasteiger partial charge in [0.25, 0.3) is 6.71 Å². The van der Waals surface area contributed by atoms with Crippen molar-refractivity contribution in [3.8, 4) is 66.8 Å². The first-order valence-electron chi connectivity index (χ1n) is 29.8. The van der Waals surface area contributed by atoms with Crippen molar-refractivity contribution in [3.05, 3.63) is 284 Å². The van der Waals surface area contributed by atoms with Gasteiger partial charge in [-0.15, -0.1) is 0 Å². The molecule has 0 N–H and O–H groups in total. The number of rotatable bonds is 11. The summed E-state index contributed by atoms with van der Waals surface area (Å²) in [4.78, 5) is 5.37. The third-order valence-electron chi connectivity index (χ3n) is 17.6. The van der Waals surface area contributed by atoms with Crippen LogP contribution in [0.1, 0.15) is 51.7 Å². The van der Waals surface area contributed by atoms with Gasteiger partial charge in [0.1, 0.15) is 11.2 Å². The maximum Gasteiger partial charge on any atom is 0.252 e. The summed E-state index contributed by atoms with van der Waals surface area (Å²) in [5.74, 6) is 0. The van der Waals surface area contributed by atoms with Gasteiger partial charge in [-0.1, -0.05) is 259 Å². The van der Waals surface area contributed by atoms with Crippen molar-refractivity contribution in [1.82, 2.24) is 0 Å². The van der Waals surface area contributed by atoms with Crippen LogP contribution in [-0.4, -0.2) is 6.71 Å². The second-order valence-corrected chi connectivity index (χ2v) is 23.8. The summed E-state index contributed by atoms with van der Waals surface area (Å²) in [5.41, 5.74) is 28.9. The van der Waals surface area contributed by atoms with E-state index in [4.69, 9.17) is 4.42 Å². The van der Waals surface area contributed by atoms with Crippen LogP contribution in [0.25, 0.3) is 88.7 Å². The van der Waals surface area contributed by atoms with Crippen LogP contribution in [0.3, 0.4) is 0 Å². The second-order valence-electron chi connectivity index (χ2n) is 23.8. The maximum absolute atomic E-state index is 7.20. The molecule has 2 aliphatic rings. The van der Waals surface area contributed by atoms with Crippen LogP contribution in [0.15, 0.2) is 277 Å². The number of aryl methyl sites for hydroxylation is 1. The number of nitrogens with zero attached hydrogens (tertiary/aromatic N) is 2. The molecule has 4 heteroatoms. The van der Waals surface area contributed by atoms with E-state index in [1.54, 1.807) is 0 Å². The van der Waals surface area contributed by atoms with Crippen LogP contribution >= 0.6 is 0 Å². The second kappa shape index (κ2) is 20.8. The molecule has 0 aliphatic carbocycles. The zero-order valence-corrected chi connectivity index (χ0v) is 48.0. The number of hydrogen-bond acceptors (Lipinski definition) is 3. The minimum absolute atomic E-state index is 0.174. The van der Waals surface area contributed by atoms with Crippen molar-refractivity contribution in [2.75, 3.05) is 9.80 Å². The standard InChI is InChI=1S/C80H63BN2O/c1-5-6-39-64-77(67(58-37-23-12-24-38-58)52-68-63-40-25-26-41-75(63)84-79(64)68)82-71-44-42-59(53-27-13-7-14-28-53)48-69(71)81-70-49-60(54-29-15-8-16-30-54)43-45-72(70)83(74-51-62(80(2,3)4)50-73(82)76(74)81)78-65(56-33-19-10-20-34-56)46-61(55-31-17-9-18-32-55)47-66(78)57-35-21-11-22-36-57/h7-38,40-52H,5-6,39H2,1-4H3. The number of fused-ring (bicyclic) bond motifs is 7. The minimum atomic E-state index is -0.259. The van der Waals surface area contributed by atoms with E-state index < -0.39 is 0 Å². The molecular weight excluding hydrogens is 1020 g/mol. The third kappa shape index (κ3) is 8.67. The SMILES string of the molecule is CCCCc1c(N2c3ccc(-c4ccccc4)cc3B3c4cc(-c5ccccc5)ccc4N(c4c(-c5ccccc5)cc(-c5ccccc5)cc4-c4ccccc4)c4cc(C(C)(C)C)cc2c43)c(-c2ccccc2)cc2c1oc1ccccc12. The summed E-state index contributed by atoms with van der Waals surface area (Å²) in [6.07, 6.45) is 2.88. The van der Waals surface area contributed by atoms with E-state index >= 15 is 0 Å². The van der Waals surface area contributed by atoms with Crippen molar-refractivity contribution in [2.45, 2.75) is 52.4 Å². The van der Waals surface area contributed by atoms with Crippen LogP contribution in [0, 0.1) is 0 Å². The zero-order chi connectivity index (χ0) is 56.5. The van der Waals surface area contributed by atoms with Crippen molar-refractivity contribution >= 4 is 79.2 Å². The van der Waals surface area contributed by atoms with Gasteiger partial charge in [0, 0.05) is 55.8 Å². The number of anilines is 6. The van der Waals surface area contributed by atoms with Gasteiger partial charge >= 0.3 is 0 Å². The van der Waals surface area contributed by atoms with E-state index in [1.807, 2.05) is 0 Å². The first-order valence-corrected chi connectivity index (χ1v) is 29.8. The summed E-state index contributed by atoms with van der Waals surface area (Å²) in [7, 11) is 0. The van der Waals surface area contributed by atoms with Crippen LogP contribution in [0.2, 0.25) is 0 Å². The molecule has 0 bridgehead atoms. The Labute approximate surface area is 493 Å². The number of hydrogen-bond donors (Lipinski definition) is 0. The highest BCUT2D eigenvalue weighted by molar-refractivity contribution is 7.00. The predicted octanol–water partition coefficient (Wildman–Crippen LogP) is 20.3. The summed E-state index contributed by atoms with van der Waals surface area (Å²) >= 11 is 0. The lowest BCUT2D eigenvalue weighted by Gasteiger charge is -2.46. The molecule has 12 aromatic carbocycles. The molecule has 402 valence electrons. The number of furan rings is 1. The lowest BCUT2D eigenvalue weighted by atomic mass is 9.33. The molecule has 2 aliphatic heterocycles. The Hall–Kier alpha value is -9.90.